The fourth-order valence-corrected chi connectivity index (χ4v) is 2.04. The van der Waals surface area contributed by atoms with Crippen molar-refractivity contribution in [1.29, 1.82) is 0 Å². The van der Waals surface area contributed by atoms with Crippen LogP contribution in [0.3, 0.4) is 0 Å². The summed E-state index contributed by atoms with van der Waals surface area (Å²) in [6.45, 7) is 3.34. The standard InChI is InChI=1S/C10H18N2O2/c11-10(13)14-9-3-5-12(6-4-9)7-8-1-2-8/h8-9H,1-7H2,(H2,11,13). The van der Waals surface area contributed by atoms with Gasteiger partial charge in [0.15, 0.2) is 0 Å². The normalized spacial score (nSPS) is 24.9. The first-order valence-electron chi connectivity index (χ1n) is 5.42. The molecule has 4 heteroatoms. The molecular formula is C10H18N2O2. The Kier molecular flexibility index (Phi) is 2.91. The molecule has 0 atom stereocenters. The molecule has 1 amide bonds. The first kappa shape index (κ1) is 9.77. The Labute approximate surface area is 84.4 Å². The summed E-state index contributed by atoms with van der Waals surface area (Å²) >= 11 is 0. The van der Waals surface area contributed by atoms with Gasteiger partial charge in [-0.3, -0.25) is 0 Å². The molecule has 4 nitrogen and oxygen atoms in total. The maximum atomic E-state index is 10.5. The van der Waals surface area contributed by atoms with Crippen molar-refractivity contribution < 1.29 is 9.53 Å². The molecule has 14 heavy (non-hydrogen) atoms. The lowest BCUT2D eigenvalue weighted by atomic mass is 10.1. The monoisotopic (exact) mass is 198 g/mol. The van der Waals surface area contributed by atoms with Crippen molar-refractivity contribution in [2.45, 2.75) is 31.8 Å². The van der Waals surface area contributed by atoms with E-state index in [4.69, 9.17) is 10.5 Å². The highest BCUT2D eigenvalue weighted by molar-refractivity contribution is 5.64. The lowest BCUT2D eigenvalue weighted by molar-refractivity contribution is 0.0550. The molecule has 1 saturated carbocycles. The molecule has 0 aromatic rings. The fourth-order valence-electron chi connectivity index (χ4n) is 2.04. The Morgan fingerprint density at radius 3 is 2.43 bits per heavy atom. The third-order valence-corrected chi connectivity index (χ3v) is 3.03. The third-order valence-electron chi connectivity index (χ3n) is 3.03. The van der Waals surface area contributed by atoms with Gasteiger partial charge in [0.2, 0.25) is 0 Å². The molecule has 1 aliphatic carbocycles. The van der Waals surface area contributed by atoms with Crippen LogP contribution in [0.2, 0.25) is 0 Å². The van der Waals surface area contributed by atoms with Crippen molar-refractivity contribution in [3.8, 4) is 0 Å². The van der Waals surface area contributed by atoms with Crippen molar-refractivity contribution in [3.63, 3.8) is 0 Å². The lowest BCUT2D eigenvalue weighted by Crippen LogP contribution is -2.39. The molecule has 2 aliphatic rings. The number of primary amides is 1. The van der Waals surface area contributed by atoms with E-state index in [0.29, 0.717) is 0 Å². The van der Waals surface area contributed by atoms with Crippen molar-refractivity contribution in [1.82, 2.24) is 4.90 Å². The maximum Gasteiger partial charge on any atom is 0.404 e. The van der Waals surface area contributed by atoms with Gasteiger partial charge in [-0.1, -0.05) is 0 Å². The Hall–Kier alpha value is -0.770. The number of rotatable bonds is 3. The fraction of sp³-hybridized carbons (Fsp3) is 0.900. The minimum absolute atomic E-state index is 0.0583. The first-order valence-corrected chi connectivity index (χ1v) is 5.42. The largest absolute Gasteiger partial charge is 0.446 e. The van der Waals surface area contributed by atoms with Gasteiger partial charge >= 0.3 is 6.09 Å². The molecule has 80 valence electrons. The summed E-state index contributed by atoms with van der Waals surface area (Å²) in [5, 5.41) is 0. The van der Waals surface area contributed by atoms with Crippen LogP contribution in [0.5, 0.6) is 0 Å². The molecule has 2 rings (SSSR count). The van der Waals surface area contributed by atoms with Crippen molar-refractivity contribution in [2.75, 3.05) is 19.6 Å². The predicted octanol–water partition coefficient (Wildman–Crippen LogP) is 0.956. The van der Waals surface area contributed by atoms with Crippen LogP contribution in [-0.4, -0.2) is 36.7 Å². The van der Waals surface area contributed by atoms with E-state index in [9.17, 15) is 4.79 Å². The van der Waals surface area contributed by atoms with E-state index in [-0.39, 0.29) is 6.10 Å². The molecule has 1 saturated heterocycles. The number of piperidine rings is 1. The molecule has 1 aliphatic heterocycles. The van der Waals surface area contributed by atoms with Gasteiger partial charge < -0.3 is 15.4 Å². The third kappa shape index (κ3) is 2.87. The summed E-state index contributed by atoms with van der Waals surface area (Å²) in [6.07, 6.45) is 4.11. The van der Waals surface area contributed by atoms with E-state index in [2.05, 4.69) is 4.90 Å². The van der Waals surface area contributed by atoms with E-state index in [1.807, 2.05) is 0 Å². The number of carbonyl (C=O) groups is 1. The summed E-state index contributed by atoms with van der Waals surface area (Å²) in [6, 6.07) is 0. The van der Waals surface area contributed by atoms with E-state index in [1.54, 1.807) is 0 Å². The van der Waals surface area contributed by atoms with E-state index < -0.39 is 6.09 Å². The number of hydrogen-bond donors (Lipinski definition) is 1. The Morgan fingerprint density at radius 1 is 1.29 bits per heavy atom. The van der Waals surface area contributed by atoms with Gasteiger partial charge in [0, 0.05) is 19.6 Å². The molecule has 0 aromatic heterocycles. The molecule has 0 aromatic carbocycles. The molecule has 2 fully saturated rings. The van der Waals surface area contributed by atoms with Crippen LogP contribution >= 0.6 is 0 Å². The number of amides is 1. The molecule has 2 N–H and O–H groups in total. The smallest absolute Gasteiger partial charge is 0.404 e. The molecule has 0 bridgehead atoms. The number of carbonyl (C=O) groups excluding carboxylic acids is 1. The van der Waals surface area contributed by atoms with Crippen LogP contribution < -0.4 is 5.73 Å². The Bertz CT molecular complexity index is 208. The summed E-state index contributed by atoms with van der Waals surface area (Å²) in [7, 11) is 0. The van der Waals surface area contributed by atoms with Crippen molar-refractivity contribution in [2.24, 2.45) is 11.7 Å². The van der Waals surface area contributed by atoms with Gasteiger partial charge in [0.1, 0.15) is 6.10 Å². The number of nitrogens with two attached hydrogens (primary N) is 1. The minimum atomic E-state index is -0.634. The van der Waals surface area contributed by atoms with Crippen LogP contribution in [0.4, 0.5) is 4.79 Å². The topological polar surface area (TPSA) is 55.6 Å². The second-order valence-electron chi connectivity index (χ2n) is 4.38. The SMILES string of the molecule is NC(=O)OC1CCN(CC2CC2)CC1. The lowest BCUT2D eigenvalue weighted by Gasteiger charge is -2.31. The number of likely N-dealkylation sites (tertiary alicyclic amines) is 1. The van der Waals surface area contributed by atoms with Crippen LogP contribution in [0, 0.1) is 5.92 Å². The maximum absolute atomic E-state index is 10.5. The molecule has 1 heterocycles. The van der Waals surface area contributed by atoms with E-state index >= 15 is 0 Å². The van der Waals surface area contributed by atoms with Crippen molar-refractivity contribution >= 4 is 6.09 Å². The van der Waals surface area contributed by atoms with Crippen LogP contribution in [0.25, 0.3) is 0 Å². The van der Waals surface area contributed by atoms with Gasteiger partial charge in [-0.15, -0.1) is 0 Å². The molecule has 0 unspecified atom stereocenters. The number of nitrogens with zero attached hydrogens (tertiary/aromatic N) is 1. The average Bonchev–Trinajstić information content (AvgIpc) is 2.91. The highest BCUT2D eigenvalue weighted by Crippen LogP contribution is 2.30. The quantitative estimate of drug-likeness (QED) is 0.734. The van der Waals surface area contributed by atoms with Gasteiger partial charge in [-0.05, 0) is 31.6 Å². The first-order chi connectivity index (χ1) is 6.74. The summed E-state index contributed by atoms with van der Waals surface area (Å²) in [5.41, 5.74) is 4.97. The summed E-state index contributed by atoms with van der Waals surface area (Å²) in [4.78, 5) is 13.0. The zero-order chi connectivity index (χ0) is 9.97. The van der Waals surface area contributed by atoms with Gasteiger partial charge in [-0.2, -0.15) is 0 Å². The Morgan fingerprint density at radius 2 is 1.93 bits per heavy atom. The van der Waals surface area contributed by atoms with Gasteiger partial charge in [-0.25, -0.2) is 4.79 Å². The molecular weight excluding hydrogens is 180 g/mol. The van der Waals surface area contributed by atoms with Gasteiger partial charge in [0.25, 0.3) is 0 Å². The zero-order valence-corrected chi connectivity index (χ0v) is 8.45. The number of hydrogen-bond acceptors (Lipinski definition) is 3. The Balaban J connectivity index is 1.66. The van der Waals surface area contributed by atoms with Crippen LogP contribution in [0.1, 0.15) is 25.7 Å². The second kappa shape index (κ2) is 4.17. The average molecular weight is 198 g/mol. The predicted molar refractivity (Wildman–Crippen MR) is 52.9 cm³/mol. The highest BCUT2D eigenvalue weighted by atomic mass is 16.6. The molecule has 0 radical (unpaired) electrons. The second-order valence-corrected chi connectivity index (χ2v) is 4.38. The van der Waals surface area contributed by atoms with Crippen molar-refractivity contribution in [3.05, 3.63) is 0 Å². The summed E-state index contributed by atoms with van der Waals surface area (Å²) < 4.78 is 4.97. The number of ether oxygens (including phenoxy) is 1. The van der Waals surface area contributed by atoms with E-state index in [0.717, 1.165) is 31.8 Å². The van der Waals surface area contributed by atoms with Crippen LogP contribution in [0.15, 0.2) is 0 Å². The highest BCUT2D eigenvalue weighted by Gasteiger charge is 2.27. The van der Waals surface area contributed by atoms with Gasteiger partial charge in [0.05, 0.1) is 0 Å². The van der Waals surface area contributed by atoms with Crippen LogP contribution in [-0.2, 0) is 4.74 Å². The zero-order valence-electron chi connectivity index (χ0n) is 8.45. The molecule has 0 spiro atoms. The minimum Gasteiger partial charge on any atom is -0.446 e. The van der Waals surface area contributed by atoms with E-state index in [1.165, 1.54) is 19.4 Å². The summed E-state index contributed by atoms with van der Waals surface area (Å²) in [5.74, 6) is 0.948.